The van der Waals surface area contributed by atoms with Crippen LogP contribution in [0.1, 0.15) is 38.0 Å². The first-order valence-electron chi connectivity index (χ1n) is 10.0. The zero-order valence-corrected chi connectivity index (χ0v) is 20.0. The van der Waals surface area contributed by atoms with Crippen LogP contribution in [0, 0.1) is 0 Å². The molecule has 0 radical (unpaired) electrons. The molecule has 0 fully saturated rings. The summed E-state index contributed by atoms with van der Waals surface area (Å²) < 4.78 is 10.1. The van der Waals surface area contributed by atoms with Crippen LogP contribution in [0.2, 0.25) is 10.0 Å². The lowest BCUT2D eigenvalue weighted by Gasteiger charge is -2.12. The van der Waals surface area contributed by atoms with Crippen molar-refractivity contribution < 1.29 is 28.7 Å². The number of rotatable bonds is 6. The number of hydrazine groups is 1. The Hall–Kier alpha value is -4.08. The number of hydrogen-bond donors (Lipinski definition) is 3. The lowest BCUT2D eigenvalue weighted by molar-refractivity contribution is -0.132. The summed E-state index contributed by atoms with van der Waals surface area (Å²) in [6.45, 7) is 1.24. The van der Waals surface area contributed by atoms with E-state index in [1.807, 2.05) is 0 Å². The molecule has 9 nitrogen and oxygen atoms in total. The first-order valence-corrected chi connectivity index (χ1v) is 10.8. The van der Waals surface area contributed by atoms with Crippen LogP contribution >= 0.6 is 23.2 Å². The Bertz CT molecular complexity index is 1310. The zero-order chi connectivity index (χ0) is 25.5. The Balaban J connectivity index is 1.64. The van der Waals surface area contributed by atoms with Gasteiger partial charge in [0.25, 0.3) is 17.7 Å². The molecule has 0 aromatic heterocycles. The minimum atomic E-state index is -0.632. The molecule has 0 atom stereocenters. The highest BCUT2D eigenvalue weighted by atomic mass is 35.5. The molecular weight excluding hydrogens is 497 g/mol. The van der Waals surface area contributed by atoms with Crippen LogP contribution in [-0.4, -0.2) is 30.8 Å². The Morgan fingerprint density at radius 3 is 2.09 bits per heavy atom. The van der Waals surface area contributed by atoms with E-state index in [1.54, 1.807) is 12.1 Å². The molecule has 180 valence electrons. The number of esters is 1. The van der Waals surface area contributed by atoms with Crippen LogP contribution in [0.5, 0.6) is 11.5 Å². The minimum absolute atomic E-state index is 0.152. The molecule has 0 aliphatic heterocycles. The molecule has 0 aliphatic rings. The van der Waals surface area contributed by atoms with Crippen molar-refractivity contribution in [1.82, 2.24) is 10.9 Å². The van der Waals surface area contributed by atoms with Crippen molar-refractivity contribution >= 4 is 52.6 Å². The van der Waals surface area contributed by atoms with E-state index in [9.17, 15) is 19.2 Å². The van der Waals surface area contributed by atoms with E-state index < -0.39 is 23.7 Å². The van der Waals surface area contributed by atoms with Gasteiger partial charge in [-0.2, -0.15) is 0 Å². The lowest BCUT2D eigenvalue weighted by atomic mass is 10.1. The minimum Gasteiger partial charge on any atom is -0.493 e. The van der Waals surface area contributed by atoms with E-state index in [0.29, 0.717) is 10.7 Å². The van der Waals surface area contributed by atoms with Crippen LogP contribution in [0.15, 0.2) is 60.7 Å². The van der Waals surface area contributed by atoms with Gasteiger partial charge >= 0.3 is 5.97 Å². The molecule has 0 saturated carbocycles. The Morgan fingerprint density at radius 2 is 1.46 bits per heavy atom. The summed E-state index contributed by atoms with van der Waals surface area (Å²) in [6.07, 6.45) is 0. The molecule has 3 rings (SSSR count). The summed E-state index contributed by atoms with van der Waals surface area (Å²) in [4.78, 5) is 48.6. The second-order valence-electron chi connectivity index (χ2n) is 7.03. The monoisotopic (exact) mass is 515 g/mol. The quantitative estimate of drug-likeness (QED) is 0.256. The van der Waals surface area contributed by atoms with Gasteiger partial charge in [-0.05, 0) is 54.6 Å². The van der Waals surface area contributed by atoms with Crippen LogP contribution in [0.3, 0.4) is 0 Å². The number of carbonyl (C=O) groups is 4. The smallest absolute Gasteiger partial charge is 0.308 e. The number of hydrogen-bond acceptors (Lipinski definition) is 6. The van der Waals surface area contributed by atoms with Gasteiger partial charge < -0.3 is 14.8 Å². The van der Waals surface area contributed by atoms with Crippen LogP contribution in [0.4, 0.5) is 5.69 Å². The maximum Gasteiger partial charge on any atom is 0.308 e. The molecule has 3 aromatic carbocycles. The molecule has 0 spiro atoms. The molecule has 0 aliphatic carbocycles. The van der Waals surface area contributed by atoms with Gasteiger partial charge in [0.15, 0.2) is 11.5 Å². The average Bonchev–Trinajstić information content (AvgIpc) is 2.82. The van der Waals surface area contributed by atoms with E-state index >= 15 is 0 Å². The first kappa shape index (κ1) is 25.5. The number of amides is 3. The Labute approximate surface area is 210 Å². The van der Waals surface area contributed by atoms with Gasteiger partial charge in [-0.3, -0.25) is 30.0 Å². The third kappa shape index (κ3) is 6.72. The van der Waals surface area contributed by atoms with Gasteiger partial charge in [0.05, 0.1) is 17.7 Å². The molecule has 3 amide bonds. The van der Waals surface area contributed by atoms with Crippen molar-refractivity contribution in [1.29, 1.82) is 0 Å². The number of benzene rings is 3. The molecule has 35 heavy (non-hydrogen) atoms. The zero-order valence-electron chi connectivity index (χ0n) is 18.5. The average molecular weight is 516 g/mol. The highest BCUT2D eigenvalue weighted by molar-refractivity contribution is 6.37. The van der Waals surface area contributed by atoms with Gasteiger partial charge in [-0.25, -0.2) is 0 Å². The van der Waals surface area contributed by atoms with Crippen molar-refractivity contribution in [3.63, 3.8) is 0 Å². The molecule has 11 heteroatoms. The van der Waals surface area contributed by atoms with Gasteiger partial charge in [-0.1, -0.05) is 29.3 Å². The third-order valence-corrected chi connectivity index (χ3v) is 5.08. The molecule has 0 unspecified atom stereocenters. The van der Waals surface area contributed by atoms with Crippen molar-refractivity contribution in [3.8, 4) is 11.5 Å². The van der Waals surface area contributed by atoms with Crippen molar-refractivity contribution in [2.45, 2.75) is 6.92 Å². The predicted octanol–water partition coefficient (Wildman–Crippen LogP) is 4.25. The van der Waals surface area contributed by atoms with Gasteiger partial charge in [-0.15, -0.1) is 0 Å². The van der Waals surface area contributed by atoms with E-state index in [0.717, 1.165) is 0 Å². The number of ether oxygens (including phenoxy) is 2. The third-order valence-electron chi connectivity index (χ3n) is 4.53. The van der Waals surface area contributed by atoms with Gasteiger partial charge in [0.1, 0.15) is 0 Å². The highest BCUT2D eigenvalue weighted by Crippen LogP contribution is 2.28. The predicted molar refractivity (Wildman–Crippen MR) is 130 cm³/mol. The van der Waals surface area contributed by atoms with Crippen molar-refractivity contribution in [2.75, 3.05) is 12.4 Å². The fourth-order valence-electron chi connectivity index (χ4n) is 2.92. The number of methoxy groups -OCH3 is 1. The van der Waals surface area contributed by atoms with E-state index in [-0.39, 0.29) is 33.2 Å². The number of carbonyl (C=O) groups excluding carboxylic acids is 4. The van der Waals surface area contributed by atoms with E-state index in [4.69, 9.17) is 32.7 Å². The normalized spacial score (nSPS) is 10.2. The molecule has 0 bridgehead atoms. The van der Waals surface area contributed by atoms with Crippen LogP contribution in [-0.2, 0) is 4.79 Å². The largest absolute Gasteiger partial charge is 0.493 e. The lowest BCUT2D eigenvalue weighted by Crippen LogP contribution is -2.41. The number of halogens is 2. The fourth-order valence-corrected chi connectivity index (χ4v) is 3.41. The second-order valence-corrected chi connectivity index (χ2v) is 7.87. The molecule has 0 heterocycles. The van der Waals surface area contributed by atoms with Gasteiger partial charge in [0, 0.05) is 28.8 Å². The first-order chi connectivity index (χ1) is 16.7. The Kier molecular flexibility index (Phi) is 8.30. The molecular formula is C24H19Cl2N3O6. The highest BCUT2D eigenvalue weighted by Gasteiger charge is 2.15. The molecule has 3 aromatic rings. The fraction of sp³-hybridized carbons (Fsp3) is 0.0833. The maximum absolute atomic E-state index is 12.5. The number of anilines is 1. The Morgan fingerprint density at radius 1 is 0.771 bits per heavy atom. The van der Waals surface area contributed by atoms with E-state index in [1.165, 1.54) is 62.6 Å². The second kappa shape index (κ2) is 11.4. The standard InChI is InChI=1S/C24H19Cl2N3O6/c1-13(30)35-20-9-6-15(11-21(20)34-2)23(32)29-28-22(31)14-4-3-5-17(10-14)27-24(33)18-8-7-16(25)12-19(18)26/h3-12H,1-2H3,(H,27,33)(H,28,31)(H,29,32). The summed E-state index contributed by atoms with van der Waals surface area (Å²) in [5.41, 5.74) is 5.47. The summed E-state index contributed by atoms with van der Waals surface area (Å²) in [5, 5.41) is 3.23. The summed E-state index contributed by atoms with van der Waals surface area (Å²) in [5.74, 6) is -1.95. The van der Waals surface area contributed by atoms with Crippen LogP contribution in [0.25, 0.3) is 0 Å². The van der Waals surface area contributed by atoms with Crippen molar-refractivity contribution in [3.05, 3.63) is 87.4 Å². The summed E-state index contributed by atoms with van der Waals surface area (Å²) >= 11 is 11.9. The molecule has 0 saturated heterocycles. The topological polar surface area (TPSA) is 123 Å². The number of nitrogens with one attached hydrogen (secondary N) is 3. The SMILES string of the molecule is COc1cc(C(=O)NNC(=O)c2cccc(NC(=O)c3ccc(Cl)cc3Cl)c2)ccc1OC(C)=O. The van der Waals surface area contributed by atoms with Crippen molar-refractivity contribution in [2.24, 2.45) is 0 Å². The summed E-state index contributed by atoms with van der Waals surface area (Å²) in [6, 6.07) is 14.7. The van der Waals surface area contributed by atoms with E-state index in [2.05, 4.69) is 16.2 Å². The summed E-state index contributed by atoms with van der Waals surface area (Å²) in [7, 11) is 1.36. The van der Waals surface area contributed by atoms with Gasteiger partial charge in [0.2, 0.25) is 0 Å². The molecule has 3 N–H and O–H groups in total. The maximum atomic E-state index is 12.5. The van der Waals surface area contributed by atoms with Crippen LogP contribution < -0.4 is 25.6 Å².